The van der Waals surface area contributed by atoms with Crippen LogP contribution in [0.4, 0.5) is 5.82 Å². The molecule has 0 radical (unpaired) electrons. The van der Waals surface area contributed by atoms with Crippen molar-refractivity contribution < 1.29 is 9.90 Å². The Hall–Kier alpha value is -3.10. The van der Waals surface area contributed by atoms with E-state index in [1.165, 1.54) is 0 Å². The summed E-state index contributed by atoms with van der Waals surface area (Å²) in [6.45, 7) is 0. The van der Waals surface area contributed by atoms with Crippen LogP contribution in [0.25, 0.3) is 0 Å². The Labute approximate surface area is 174 Å². The van der Waals surface area contributed by atoms with Gasteiger partial charge in [-0.3, -0.25) is 20.1 Å². The first-order valence-corrected chi connectivity index (χ1v) is 10.2. The van der Waals surface area contributed by atoms with Gasteiger partial charge in [-0.15, -0.1) is 0 Å². The number of H-pyrrole nitrogens is 1. The van der Waals surface area contributed by atoms with Crippen molar-refractivity contribution in [2.24, 2.45) is 0 Å². The summed E-state index contributed by atoms with van der Waals surface area (Å²) in [5, 5.41) is 20.8. The van der Waals surface area contributed by atoms with Crippen molar-refractivity contribution in [1.82, 2.24) is 25.5 Å². The lowest BCUT2D eigenvalue weighted by Gasteiger charge is -2.23. The van der Waals surface area contributed by atoms with Crippen LogP contribution in [-0.4, -0.2) is 44.3 Å². The number of benzene rings is 1. The maximum Gasteiger partial charge on any atom is 0.245 e. The van der Waals surface area contributed by atoms with Gasteiger partial charge in [-0.05, 0) is 30.9 Å². The van der Waals surface area contributed by atoms with Gasteiger partial charge in [0, 0.05) is 30.6 Å². The molecule has 3 N–H and O–H groups in total. The Morgan fingerprint density at radius 1 is 1.27 bits per heavy atom. The van der Waals surface area contributed by atoms with Crippen LogP contribution in [0.2, 0.25) is 0 Å². The number of pyridine rings is 1. The van der Waals surface area contributed by atoms with Crippen molar-refractivity contribution in [3.8, 4) is 0 Å². The van der Waals surface area contributed by atoms with Crippen molar-refractivity contribution in [3.05, 3.63) is 71.4 Å². The van der Waals surface area contributed by atoms with Crippen LogP contribution in [0, 0.1) is 0 Å². The molecule has 30 heavy (non-hydrogen) atoms. The summed E-state index contributed by atoms with van der Waals surface area (Å²) in [7, 11) is 1.74. The topological polar surface area (TPSA) is 107 Å². The third kappa shape index (κ3) is 3.38. The van der Waals surface area contributed by atoms with E-state index in [4.69, 9.17) is 0 Å². The Morgan fingerprint density at radius 2 is 2.07 bits per heavy atom. The highest BCUT2D eigenvalue weighted by molar-refractivity contribution is 5.98. The molecule has 1 aliphatic carbocycles. The monoisotopic (exact) mass is 404 g/mol. The SMILES string of the molecule is CN1C(=O)[C@H](NC(O)c2n[nH]c(Cc3ccccc3)n2)CC2(CC2)c2cccnc21. The number of anilines is 1. The maximum absolute atomic E-state index is 13.1. The molecule has 1 fully saturated rings. The van der Waals surface area contributed by atoms with Gasteiger partial charge in [0.25, 0.3) is 0 Å². The number of aliphatic hydroxyl groups is 1. The van der Waals surface area contributed by atoms with E-state index in [1.54, 1.807) is 18.1 Å². The summed E-state index contributed by atoms with van der Waals surface area (Å²) in [5.74, 6) is 1.50. The zero-order valence-electron chi connectivity index (χ0n) is 16.7. The molecule has 2 atom stereocenters. The van der Waals surface area contributed by atoms with Gasteiger partial charge < -0.3 is 5.11 Å². The van der Waals surface area contributed by atoms with Crippen molar-refractivity contribution >= 4 is 11.7 Å². The summed E-state index contributed by atoms with van der Waals surface area (Å²) in [6.07, 6.45) is 3.82. The summed E-state index contributed by atoms with van der Waals surface area (Å²) in [6, 6.07) is 13.4. The van der Waals surface area contributed by atoms with Crippen LogP contribution < -0.4 is 10.2 Å². The van der Waals surface area contributed by atoms with Gasteiger partial charge in [0.1, 0.15) is 11.6 Å². The normalized spacial score (nSPS) is 20.7. The Balaban J connectivity index is 1.33. The number of nitrogens with zero attached hydrogens (tertiary/aromatic N) is 4. The average Bonchev–Trinajstić information content (AvgIpc) is 3.42. The average molecular weight is 404 g/mol. The molecular weight excluding hydrogens is 380 g/mol. The molecule has 8 heteroatoms. The first kappa shape index (κ1) is 18.9. The van der Waals surface area contributed by atoms with Gasteiger partial charge in [0.2, 0.25) is 5.91 Å². The van der Waals surface area contributed by atoms with E-state index < -0.39 is 12.3 Å². The predicted octanol–water partition coefficient (Wildman–Crippen LogP) is 1.84. The number of carbonyl (C=O) groups is 1. The summed E-state index contributed by atoms with van der Waals surface area (Å²) in [4.78, 5) is 23.5. The molecule has 5 rings (SSSR count). The minimum absolute atomic E-state index is 0.0567. The number of hydrogen-bond donors (Lipinski definition) is 3. The van der Waals surface area contributed by atoms with Crippen molar-refractivity contribution in [1.29, 1.82) is 0 Å². The number of fused-ring (bicyclic) bond motifs is 2. The number of rotatable bonds is 5. The van der Waals surface area contributed by atoms with Gasteiger partial charge in [-0.25, -0.2) is 9.97 Å². The van der Waals surface area contributed by atoms with E-state index in [0.29, 0.717) is 24.5 Å². The van der Waals surface area contributed by atoms with Gasteiger partial charge in [0.15, 0.2) is 12.1 Å². The molecule has 1 unspecified atom stereocenters. The molecule has 154 valence electrons. The molecular formula is C22H24N6O2. The molecule has 1 spiro atoms. The summed E-state index contributed by atoms with van der Waals surface area (Å²) in [5.41, 5.74) is 2.16. The smallest absolute Gasteiger partial charge is 0.245 e. The van der Waals surface area contributed by atoms with Gasteiger partial charge in [-0.2, -0.15) is 5.10 Å². The molecule has 3 heterocycles. The number of likely N-dealkylation sites (N-methyl/N-ethyl adjacent to an activating group) is 1. The highest BCUT2D eigenvalue weighted by Gasteiger charge is 2.51. The fraction of sp³-hybridized carbons (Fsp3) is 0.364. The zero-order valence-corrected chi connectivity index (χ0v) is 16.7. The fourth-order valence-electron chi connectivity index (χ4n) is 4.32. The van der Waals surface area contributed by atoms with E-state index in [9.17, 15) is 9.90 Å². The lowest BCUT2D eigenvalue weighted by molar-refractivity contribution is -0.121. The molecule has 1 saturated carbocycles. The van der Waals surface area contributed by atoms with E-state index >= 15 is 0 Å². The Morgan fingerprint density at radius 3 is 2.83 bits per heavy atom. The van der Waals surface area contributed by atoms with E-state index in [2.05, 4.69) is 31.5 Å². The van der Waals surface area contributed by atoms with Crippen LogP contribution in [0.3, 0.4) is 0 Å². The highest BCUT2D eigenvalue weighted by Crippen LogP contribution is 2.55. The standard InChI is InChI=1S/C22H24N6O2/c1-28-19-15(8-5-11-23-19)22(9-10-22)13-16(21(28)30)24-20(29)18-25-17(26-27-18)12-14-6-3-2-4-7-14/h2-8,11,16,20,24,29H,9-10,12-13H2,1H3,(H,25,26,27)/t16-,20?/m1/s1. The van der Waals surface area contributed by atoms with Crippen LogP contribution in [0.15, 0.2) is 48.7 Å². The fourth-order valence-corrected chi connectivity index (χ4v) is 4.32. The van der Waals surface area contributed by atoms with Gasteiger partial charge >= 0.3 is 0 Å². The Kier molecular flexibility index (Phi) is 4.60. The van der Waals surface area contributed by atoms with Crippen molar-refractivity contribution in [2.45, 2.75) is 43.4 Å². The second-order valence-corrected chi connectivity index (χ2v) is 8.18. The van der Waals surface area contributed by atoms with Crippen LogP contribution in [-0.2, 0) is 16.6 Å². The largest absolute Gasteiger partial charge is 0.371 e. The lowest BCUT2D eigenvalue weighted by atomic mass is 9.90. The molecule has 1 aliphatic heterocycles. The molecule has 3 aromatic rings. The third-order valence-corrected chi connectivity index (χ3v) is 6.12. The van der Waals surface area contributed by atoms with E-state index in [-0.39, 0.29) is 17.1 Å². The molecule has 2 aromatic heterocycles. The molecule has 1 aromatic carbocycles. The summed E-state index contributed by atoms with van der Waals surface area (Å²) < 4.78 is 0. The number of nitrogens with one attached hydrogen (secondary N) is 2. The minimum Gasteiger partial charge on any atom is -0.371 e. The molecule has 2 aliphatic rings. The first-order valence-electron chi connectivity index (χ1n) is 10.2. The minimum atomic E-state index is -1.14. The second-order valence-electron chi connectivity index (χ2n) is 8.18. The highest BCUT2D eigenvalue weighted by atomic mass is 16.3. The second kappa shape index (κ2) is 7.30. The lowest BCUT2D eigenvalue weighted by Crippen LogP contribution is -2.46. The number of aliphatic hydroxyl groups excluding tert-OH is 1. The first-order chi connectivity index (χ1) is 14.6. The quantitative estimate of drug-likeness (QED) is 0.560. The summed E-state index contributed by atoms with van der Waals surface area (Å²) >= 11 is 0. The maximum atomic E-state index is 13.1. The number of hydrogen-bond acceptors (Lipinski definition) is 6. The van der Waals surface area contributed by atoms with E-state index in [1.807, 2.05) is 36.4 Å². The molecule has 1 amide bonds. The van der Waals surface area contributed by atoms with Crippen LogP contribution >= 0.6 is 0 Å². The number of amides is 1. The van der Waals surface area contributed by atoms with E-state index in [0.717, 1.165) is 24.0 Å². The number of aromatic amines is 1. The molecule has 0 bridgehead atoms. The Bertz CT molecular complexity index is 1060. The predicted molar refractivity (Wildman–Crippen MR) is 111 cm³/mol. The van der Waals surface area contributed by atoms with Crippen molar-refractivity contribution in [3.63, 3.8) is 0 Å². The van der Waals surface area contributed by atoms with Crippen LogP contribution in [0.5, 0.6) is 0 Å². The third-order valence-electron chi connectivity index (χ3n) is 6.12. The van der Waals surface area contributed by atoms with Gasteiger partial charge in [-0.1, -0.05) is 36.4 Å². The number of carbonyl (C=O) groups excluding carboxylic acids is 1. The zero-order chi connectivity index (χ0) is 20.7. The van der Waals surface area contributed by atoms with Gasteiger partial charge in [0.05, 0.1) is 6.04 Å². The molecule has 8 nitrogen and oxygen atoms in total. The van der Waals surface area contributed by atoms with Crippen molar-refractivity contribution in [2.75, 3.05) is 11.9 Å². The number of aromatic nitrogens is 4. The molecule has 0 saturated heterocycles. The van der Waals surface area contributed by atoms with Crippen LogP contribution in [0.1, 0.15) is 48.3 Å².